The molecule has 0 aliphatic rings. The molecule has 4 heteroatoms. The number of aliphatic hydroxyl groups is 3. The molecular formula is C29H52O4. The van der Waals surface area contributed by atoms with Crippen molar-refractivity contribution in [1.82, 2.24) is 0 Å². The molecule has 0 heterocycles. The molecule has 2 atom stereocenters. The van der Waals surface area contributed by atoms with Gasteiger partial charge in [0.2, 0.25) is 0 Å². The van der Waals surface area contributed by atoms with Crippen LogP contribution >= 0.6 is 0 Å². The highest BCUT2D eigenvalue weighted by molar-refractivity contribution is 5.47. The highest BCUT2D eigenvalue weighted by Crippen LogP contribution is 2.44. The summed E-state index contributed by atoms with van der Waals surface area (Å²) in [7, 11) is 0. The quantitative estimate of drug-likeness (QED) is 0.331. The predicted molar refractivity (Wildman–Crippen MR) is 139 cm³/mol. The van der Waals surface area contributed by atoms with Crippen molar-refractivity contribution in [2.75, 3.05) is 26.4 Å². The zero-order valence-electron chi connectivity index (χ0n) is 22.9. The van der Waals surface area contributed by atoms with Crippen LogP contribution in [0.3, 0.4) is 0 Å². The van der Waals surface area contributed by atoms with Crippen LogP contribution in [-0.4, -0.2) is 41.7 Å². The van der Waals surface area contributed by atoms with Crippen molar-refractivity contribution in [3.8, 4) is 0 Å². The van der Waals surface area contributed by atoms with Crippen LogP contribution in [0.4, 0.5) is 0 Å². The van der Waals surface area contributed by atoms with Gasteiger partial charge in [-0.05, 0) is 51.8 Å². The van der Waals surface area contributed by atoms with Crippen LogP contribution in [0.2, 0.25) is 0 Å². The highest BCUT2D eigenvalue weighted by atomic mass is 16.5. The SMILES string of the molecule is CCCCC(CC)C(OCC(CO)(CO)CO)c1c(C(C)(C)C)cc(CC)cc1C(C)(C)C. The van der Waals surface area contributed by atoms with E-state index in [2.05, 4.69) is 74.4 Å². The summed E-state index contributed by atoms with van der Waals surface area (Å²) in [4.78, 5) is 0. The van der Waals surface area contributed by atoms with E-state index in [0.29, 0.717) is 5.92 Å². The van der Waals surface area contributed by atoms with Crippen molar-refractivity contribution in [3.05, 3.63) is 34.4 Å². The summed E-state index contributed by atoms with van der Waals surface area (Å²) in [6.07, 6.45) is 5.12. The van der Waals surface area contributed by atoms with Crippen molar-refractivity contribution >= 4 is 0 Å². The zero-order valence-corrected chi connectivity index (χ0v) is 22.9. The Kier molecular flexibility index (Phi) is 11.6. The van der Waals surface area contributed by atoms with Crippen molar-refractivity contribution < 1.29 is 20.1 Å². The maximum atomic E-state index is 9.93. The van der Waals surface area contributed by atoms with E-state index in [-0.39, 0.29) is 43.4 Å². The second-order valence-electron chi connectivity index (χ2n) is 12.0. The molecule has 0 spiro atoms. The number of unbranched alkanes of at least 4 members (excludes halogenated alkanes) is 1. The smallest absolute Gasteiger partial charge is 0.0859 e. The van der Waals surface area contributed by atoms with Gasteiger partial charge in [0.05, 0.1) is 37.9 Å². The Morgan fingerprint density at radius 2 is 1.30 bits per heavy atom. The van der Waals surface area contributed by atoms with E-state index in [9.17, 15) is 15.3 Å². The van der Waals surface area contributed by atoms with E-state index >= 15 is 0 Å². The average molecular weight is 465 g/mol. The lowest BCUT2D eigenvalue weighted by Gasteiger charge is -2.39. The average Bonchev–Trinajstić information content (AvgIpc) is 2.77. The third kappa shape index (κ3) is 7.78. The van der Waals surface area contributed by atoms with Gasteiger partial charge in [-0.15, -0.1) is 0 Å². The first-order valence-corrected chi connectivity index (χ1v) is 13.0. The van der Waals surface area contributed by atoms with E-state index in [4.69, 9.17) is 4.74 Å². The number of aryl methyl sites for hydroxylation is 1. The van der Waals surface area contributed by atoms with E-state index < -0.39 is 5.41 Å². The van der Waals surface area contributed by atoms with Gasteiger partial charge >= 0.3 is 0 Å². The fourth-order valence-electron chi connectivity index (χ4n) is 4.51. The first kappa shape index (κ1) is 30.1. The number of hydrogen-bond donors (Lipinski definition) is 3. The Balaban J connectivity index is 3.83. The standard InChI is InChI=1S/C29H52O4/c1-10-13-14-22(12-3)26(33-20-29(17-30,18-31)19-32)25-23(27(4,5)6)15-21(11-2)16-24(25)28(7,8)9/h15-16,22,26,30-32H,10-14,17-20H2,1-9H3. The largest absolute Gasteiger partial charge is 0.396 e. The molecule has 192 valence electrons. The number of benzene rings is 1. The number of rotatable bonds is 13. The lowest BCUT2D eigenvalue weighted by atomic mass is 9.71. The van der Waals surface area contributed by atoms with Gasteiger partial charge in [0.15, 0.2) is 0 Å². The summed E-state index contributed by atoms with van der Waals surface area (Å²) < 4.78 is 6.68. The Bertz CT molecular complexity index is 664. The minimum Gasteiger partial charge on any atom is -0.396 e. The van der Waals surface area contributed by atoms with Crippen molar-refractivity contribution in [3.63, 3.8) is 0 Å². The number of ether oxygens (including phenoxy) is 1. The molecule has 0 saturated carbocycles. The van der Waals surface area contributed by atoms with Crippen molar-refractivity contribution in [1.29, 1.82) is 0 Å². The summed E-state index contributed by atoms with van der Waals surface area (Å²) in [5.74, 6) is 0.313. The molecule has 1 aromatic rings. The zero-order chi connectivity index (χ0) is 25.4. The van der Waals surface area contributed by atoms with Crippen LogP contribution < -0.4 is 0 Å². The molecule has 1 aromatic carbocycles. The van der Waals surface area contributed by atoms with Crippen molar-refractivity contribution in [2.45, 2.75) is 111 Å². The van der Waals surface area contributed by atoms with Crippen LogP contribution in [0.15, 0.2) is 12.1 Å². The minimum absolute atomic E-state index is 0.0623. The summed E-state index contributed by atoms with van der Waals surface area (Å²) in [6, 6.07) is 4.70. The first-order chi connectivity index (χ1) is 15.3. The lowest BCUT2D eigenvalue weighted by molar-refractivity contribution is -0.0963. The summed E-state index contributed by atoms with van der Waals surface area (Å²) in [5, 5.41) is 29.8. The Morgan fingerprint density at radius 1 is 0.818 bits per heavy atom. The molecule has 0 aromatic heterocycles. The van der Waals surface area contributed by atoms with Gasteiger partial charge in [0.25, 0.3) is 0 Å². The molecular weight excluding hydrogens is 412 g/mol. The van der Waals surface area contributed by atoms with E-state index in [1.54, 1.807) is 0 Å². The molecule has 0 bridgehead atoms. The van der Waals surface area contributed by atoms with Gasteiger partial charge < -0.3 is 20.1 Å². The normalized spacial score (nSPS) is 15.0. The number of aliphatic hydroxyl groups excluding tert-OH is 3. The predicted octanol–water partition coefficient (Wildman–Crippen LogP) is 6.08. The van der Waals surface area contributed by atoms with Crippen LogP contribution in [0.5, 0.6) is 0 Å². The molecule has 0 amide bonds. The summed E-state index contributed by atoms with van der Waals surface area (Å²) >= 11 is 0. The van der Waals surface area contributed by atoms with Crippen LogP contribution in [0, 0.1) is 11.3 Å². The van der Waals surface area contributed by atoms with Crippen LogP contribution in [0.1, 0.15) is 116 Å². The molecule has 0 aliphatic heterocycles. The summed E-state index contributed by atoms with van der Waals surface area (Å²) in [6.45, 7) is 19.4. The minimum atomic E-state index is -1.05. The first-order valence-electron chi connectivity index (χ1n) is 13.0. The third-order valence-electron chi connectivity index (χ3n) is 7.00. The molecule has 0 radical (unpaired) electrons. The van der Waals surface area contributed by atoms with Crippen LogP contribution in [0.25, 0.3) is 0 Å². The Morgan fingerprint density at radius 3 is 1.64 bits per heavy atom. The molecule has 0 saturated heterocycles. The fraction of sp³-hybridized carbons (Fsp3) is 0.793. The molecule has 33 heavy (non-hydrogen) atoms. The van der Waals surface area contributed by atoms with Gasteiger partial charge in [-0.25, -0.2) is 0 Å². The molecule has 0 aliphatic carbocycles. The monoisotopic (exact) mass is 464 g/mol. The van der Waals surface area contributed by atoms with Gasteiger partial charge in [-0.1, -0.05) is 93.7 Å². The second-order valence-corrected chi connectivity index (χ2v) is 12.0. The van der Waals surface area contributed by atoms with E-state index in [0.717, 1.165) is 32.1 Å². The third-order valence-corrected chi connectivity index (χ3v) is 7.00. The second kappa shape index (κ2) is 12.7. The molecule has 4 nitrogen and oxygen atoms in total. The molecule has 0 fully saturated rings. The van der Waals surface area contributed by atoms with Gasteiger partial charge in [-0.2, -0.15) is 0 Å². The summed E-state index contributed by atoms with van der Waals surface area (Å²) in [5.41, 5.74) is 4.06. The maximum absolute atomic E-state index is 9.93. The maximum Gasteiger partial charge on any atom is 0.0859 e. The van der Waals surface area contributed by atoms with E-state index in [1.807, 2.05) is 0 Å². The Labute approximate surface area is 203 Å². The van der Waals surface area contributed by atoms with Gasteiger partial charge in [0, 0.05) is 0 Å². The van der Waals surface area contributed by atoms with Crippen LogP contribution in [-0.2, 0) is 22.0 Å². The molecule has 1 rings (SSSR count). The number of hydrogen-bond acceptors (Lipinski definition) is 4. The highest BCUT2D eigenvalue weighted by Gasteiger charge is 2.37. The van der Waals surface area contributed by atoms with Crippen molar-refractivity contribution in [2.24, 2.45) is 11.3 Å². The fourth-order valence-corrected chi connectivity index (χ4v) is 4.51. The van der Waals surface area contributed by atoms with Gasteiger partial charge in [0.1, 0.15) is 0 Å². The Hall–Kier alpha value is -0.940. The van der Waals surface area contributed by atoms with E-state index in [1.165, 1.54) is 22.3 Å². The van der Waals surface area contributed by atoms with Gasteiger partial charge in [-0.3, -0.25) is 0 Å². The lowest BCUT2D eigenvalue weighted by Crippen LogP contribution is -2.40. The molecule has 2 unspecified atom stereocenters. The topological polar surface area (TPSA) is 69.9 Å². The molecule has 3 N–H and O–H groups in total.